The number of rotatable bonds is 10. The van der Waals surface area contributed by atoms with Gasteiger partial charge in [0.15, 0.2) is 0 Å². The zero-order valence-electron chi connectivity index (χ0n) is 46.2. The molecule has 0 saturated carbocycles. The highest BCUT2D eigenvalue weighted by Gasteiger charge is 2.37. The van der Waals surface area contributed by atoms with E-state index in [1.165, 1.54) is 98.9 Å². The Morgan fingerprint density at radius 3 is 1.10 bits per heavy atom. The molecule has 0 radical (unpaired) electrons. The van der Waals surface area contributed by atoms with E-state index in [-0.39, 0.29) is 5.41 Å². The molecule has 1 aliphatic carbocycles. The summed E-state index contributed by atoms with van der Waals surface area (Å²) >= 11 is 0. The summed E-state index contributed by atoms with van der Waals surface area (Å²) in [5.41, 5.74) is 23.2. The van der Waals surface area contributed by atoms with Crippen LogP contribution in [0.2, 0.25) is 0 Å². The van der Waals surface area contributed by atoms with Crippen LogP contribution in [0.5, 0.6) is 0 Å². The molecule has 0 unspecified atom stereocenters. The number of anilines is 6. The minimum absolute atomic E-state index is 0.303. The summed E-state index contributed by atoms with van der Waals surface area (Å²) in [6, 6.07) is 111. The van der Waals surface area contributed by atoms with Gasteiger partial charge in [-0.25, -0.2) is 0 Å². The van der Waals surface area contributed by atoms with E-state index >= 15 is 0 Å². The van der Waals surface area contributed by atoms with Crippen molar-refractivity contribution in [2.45, 2.75) is 19.3 Å². The second-order valence-electron chi connectivity index (χ2n) is 22.6. The SMILES string of the molecule is CC1(C)c2cc(N(c3ccc(-c4ccccc4)cc3)c3cccc(-n4c5ccccc5c5ccccc54)c3)ccc2-c2cc3ccc(N(c4ccc(-c5ccccc5)cc4)c4cccc(-n5c6ccccc6c6ccccc65)c4)cc3cc21. The molecule has 4 nitrogen and oxygen atoms in total. The third kappa shape index (κ3) is 7.97. The summed E-state index contributed by atoms with van der Waals surface area (Å²) in [6.45, 7) is 4.81. The summed E-state index contributed by atoms with van der Waals surface area (Å²) in [6.07, 6.45) is 0. The van der Waals surface area contributed by atoms with Gasteiger partial charge in [0.2, 0.25) is 0 Å². The number of nitrogens with zero attached hydrogens (tertiary/aromatic N) is 4. The van der Waals surface area contributed by atoms with Crippen LogP contribution in [-0.2, 0) is 5.41 Å². The zero-order valence-corrected chi connectivity index (χ0v) is 46.2. The van der Waals surface area contributed by atoms with Crippen molar-refractivity contribution in [3.05, 3.63) is 314 Å². The van der Waals surface area contributed by atoms with Crippen molar-refractivity contribution >= 4 is 88.5 Å². The van der Waals surface area contributed by atoms with Gasteiger partial charge in [0, 0.05) is 72.5 Å². The van der Waals surface area contributed by atoms with Gasteiger partial charge in [0.1, 0.15) is 0 Å². The molecule has 0 saturated heterocycles. The smallest absolute Gasteiger partial charge is 0.0541 e. The van der Waals surface area contributed by atoms with Gasteiger partial charge in [-0.3, -0.25) is 0 Å². The monoisotopic (exact) mass is 1060 g/mol. The Balaban J connectivity index is 0.808. The lowest BCUT2D eigenvalue weighted by Crippen LogP contribution is -2.16. The average molecular weight is 1060 g/mol. The Bertz CT molecular complexity index is 4880. The van der Waals surface area contributed by atoms with Gasteiger partial charge in [-0.1, -0.05) is 196 Å². The fraction of sp³-hybridized carbons (Fsp3) is 0.0380. The zero-order chi connectivity index (χ0) is 55.2. The highest BCUT2D eigenvalue weighted by atomic mass is 15.2. The number of aromatic nitrogens is 2. The van der Waals surface area contributed by atoms with Crippen molar-refractivity contribution in [1.82, 2.24) is 9.13 Å². The Morgan fingerprint density at radius 1 is 0.253 bits per heavy atom. The minimum atomic E-state index is -0.303. The molecule has 2 heterocycles. The highest BCUT2D eigenvalue weighted by Crippen LogP contribution is 2.53. The van der Waals surface area contributed by atoms with Crippen LogP contribution in [0.1, 0.15) is 25.0 Å². The molecular formula is C79H56N4. The van der Waals surface area contributed by atoms with E-state index in [9.17, 15) is 0 Å². The average Bonchev–Trinajstić information content (AvgIpc) is 2.23. The fourth-order valence-electron chi connectivity index (χ4n) is 13.4. The van der Waals surface area contributed by atoms with Crippen molar-refractivity contribution < 1.29 is 0 Å². The Labute approximate surface area is 483 Å². The van der Waals surface area contributed by atoms with Gasteiger partial charge in [0.25, 0.3) is 0 Å². The maximum Gasteiger partial charge on any atom is 0.0541 e. The van der Waals surface area contributed by atoms with Crippen LogP contribution in [0.4, 0.5) is 34.1 Å². The standard InChI is InChI=1S/C79H56N4/c1-79(2)73-49-58-47-65(80(59-40-35-55(36-41-59)53-19-5-3-6-20-53)61-23-17-25-63(50-61)82-75-31-13-9-27-68(75)69-28-10-14-32-76(69)82)44-39-57(58)48-72(73)67-46-45-66(52-74(67)79)81(60-42-37-56(38-43-60)54-21-7-4-8-22-54)62-24-18-26-64(51-62)83-77-33-15-11-29-70(77)71-30-12-16-34-78(71)83/h3-52H,1-2H3. The van der Waals surface area contributed by atoms with E-state index < -0.39 is 0 Å². The summed E-state index contributed by atoms with van der Waals surface area (Å²) < 4.78 is 4.82. The van der Waals surface area contributed by atoms with E-state index in [4.69, 9.17) is 0 Å². The third-order valence-electron chi connectivity index (χ3n) is 17.4. The molecule has 0 aliphatic heterocycles. The first-order valence-corrected chi connectivity index (χ1v) is 28.7. The number of para-hydroxylation sites is 4. The lowest BCUT2D eigenvalue weighted by Gasteiger charge is -2.29. The molecule has 2 aromatic heterocycles. The van der Waals surface area contributed by atoms with Crippen molar-refractivity contribution in [1.29, 1.82) is 0 Å². The maximum atomic E-state index is 2.47. The Morgan fingerprint density at radius 2 is 0.627 bits per heavy atom. The second-order valence-corrected chi connectivity index (χ2v) is 22.6. The first-order chi connectivity index (χ1) is 40.9. The Hall–Kier alpha value is -10.7. The van der Waals surface area contributed by atoms with Crippen molar-refractivity contribution in [3.8, 4) is 44.8 Å². The number of hydrogen-bond acceptors (Lipinski definition) is 2. The molecule has 1 aliphatic rings. The van der Waals surface area contributed by atoms with Gasteiger partial charge in [-0.2, -0.15) is 0 Å². The summed E-state index contributed by atoms with van der Waals surface area (Å²) in [5, 5.41) is 7.40. The van der Waals surface area contributed by atoms with Crippen LogP contribution in [0.3, 0.4) is 0 Å². The van der Waals surface area contributed by atoms with Gasteiger partial charge in [0.05, 0.1) is 22.1 Å². The molecule has 0 N–H and O–H groups in total. The normalized spacial score (nSPS) is 12.6. The van der Waals surface area contributed by atoms with Crippen LogP contribution in [-0.4, -0.2) is 9.13 Å². The number of fused-ring (bicyclic) bond motifs is 10. The quantitative estimate of drug-likeness (QED) is 0.136. The van der Waals surface area contributed by atoms with Crippen LogP contribution < -0.4 is 9.80 Å². The largest absolute Gasteiger partial charge is 0.310 e. The van der Waals surface area contributed by atoms with E-state index in [1.807, 2.05) is 0 Å². The molecule has 83 heavy (non-hydrogen) atoms. The van der Waals surface area contributed by atoms with E-state index in [0.717, 1.165) is 45.5 Å². The van der Waals surface area contributed by atoms with Gasteiger partial charge in [-0.05, 0) is 177 Å². The molecule has 16 rings (SSSR count). The van der Waals surface area contributed by atoms with Crippen molar-refractivity contribution in [3.63, 3.8) is 0 Å². The van der Waals surface area contributed by atoms with Crippen LogP contribution in [0.15, 0.2) is 303 Å². The van der Waals surface area contributed by atoms with E-state index in [1.54, 1.807) is 0 Å². The molecule has 0 fully saturated rings. The maximum absolute atomic E-state index is 2.47. The molecule has 15 aromatic rings. The molecule has 13 aromatic carbocycles. The minimum Gasteiger partial charge on any atom is -0.310 e. The summed E-state index contributed by atoms with van der Waals surface area (Å²) in [7, 11) is 0. The highest BCUT2D eigenvalue weighted by molar-refractivity contribution is 6.10. The van der Waals surface area contributed by atoms with Crippen molar-refractivity contribution in [2.24, 2.45) is 0 Å². The Kier molecular flexibility index (Phi) is 11.2. The van der Waals surface area contributed by atoms with Crippen LogP contribution >= 0.6 is 0 Å². The predicted octanol–water partition coefficient (Wildman–Crippen LogP) is 21.6. The van der Waals surface area contributed by atoms with Gasteiger partial charge >= 0.3 is 0 Å². The first kappa shape index (κ1) is 48.2. The molecule has 0 atom stereocenters. The lowest BCUT2D eigenvalue weighted by molar-refractivity contribution is 0.661. The molecule has 0 bridgehead atoms. The molecule has 0 amide bonds. The van der Waals surface area contributed by atoms with E-state index in [2.05, 4.69) is 336 Å². The fourth-order valence-corrected chi connectivity index (χ4v) is 13.4. The number of benzene rings is 13. The van der Waals surface area contributed by atoms with Gasteiger partial charge < -0.3 is 18.9 Å². The number of hydrogen-bond donors (Lipinski definition) is 0. The summed E-state index contributed by atoms with van der Waals surface area (Å²) in [4.78, 5) is 4.85. The molecule has 392 valence electrons. The molecule has 0 spiro atoms. The van der Waals surface area contributed by atoms with Crippen molar-refractivity contribution in [2.75, 3.05) is 9.80 Å². The molecular weight excluding hydrogens is 1000 g/mol. The molecule has 4 heteroatoms. The van der Waals surface area contributed by atoms with Crippen LogP contribution in [0.25, 0.3) is 99.1 Å². The third-order valence-corrected chi connectivity index (χ3v) is 17.4. The summed E-state index contributed by atoms with van der Waals surface area (Å²) in [5.74, 6) is 0. The predicted molar refractivity (Wildman–Crippen MR) is 350 cm³/mol. The lowest BCUT2D eigenvalue weighted by atomic mass is 9.81. The van der Waals surface area contributed by atoms with Crippen LogP contribution in [0, 0.1) is 0 Å². The second kappa shape index (κ2) is 19.3. The topological polar surface area (TPSA) is 16.3 Å². The first-order valence-electron chi connectivity index (χ1n) is 28.7. The van der Waals surface area contributed by atoms with E-state index in [0.29, 0.717) is 0 Å². The van der Waals surface area contributed by atoms with Gasteiger partial charge in [-0.15, -0.1) is 0 Å².